The van der Waals surface area contributed by atoms with Gasteiger partial charge < -0.3 is 4.14 Å². The summed E-state index contributed by atoms with van der Waals surface area (Å²) in [5, 5.41) is 5.27. The maximum absolute atomic E-state index is 5.98. The number of fused-ring (bicyclic) bond motifs is 2. The third kappa shape index (κ3) is 11.8. The van der Waals surface area contributed by atoms with Gasteiger partial charge in [-0.2, -0.15) is 0 Å². The first-order valence-electron chi connectivity index (χ1n) is 19.4. The van der Waals surface area contributed by atoms with E-state index in [4.69, 9.17) is 25.0 Å². The van der Waals surface area contributed by atoms with Crippen LogP contribution < -0.4 is 0 Å². The molecule has 8 aromatic carbocycles. The summed E-state index contributed by atoms with van der Waals surface area (Å²) in [6.07, 6.45) is 0. The Balaban J connectivity index is 0.000000168. The van der Waals surface area contributed by atoms with Crippen molar-refractivity contribution in [3.63, 3.8) is 0 Å². The topological polar surface area (TPSA) is 3.24 Å². The molecule has 0 amide bonds. The maximum atomic E-state index is 5.98. The summed E-state index contributed by atoms with van der Waals surface area (Å²) in [7, 11) is 13.4. The molecule has 286 valence electrons. The van der Waals surface area contributed by atoms with E-state index >= 15 is 0 Å². The molecule has 0 fully saturated rings. The molecule has 7 heteroatoms. The summed E-state index contributed by atoms with van der Waals surface area (Å²) in [5.41, 5.74) is 13.0. The van der Waals surface area contributed by atoms with Gasteiger partial charge in [-0.05, 0) is 36.1 Å². The normalized spacial score (nSPS) is 11.1. The number of hydrogen-bond donors (Lipinski definition) is 0. The van der Waals surface area contributed by atoms with Crippen molar-refractivity contribution in [2.75, 3.05) is 0 Å². The Labute approximate surface area is 363 Å². The molecule has 0 spiro atoms. The number of aryl methyl sites for hydroxylation is 2. The molecule has 0 aliphatic carbocycles. The second kappa shape index (κ2) is 20.4. The Kier molecular flexibility index (Phi) is 16.0. The third-order valence-corrected chi connectivity index (χ3v) is 16.9. The fourth-order valence-corrected chi connectivity index (χ4v) is 15.3. The Morgan fingerprint density at radius 3 is 1.09 bits per heavy atom. The van der Waals surface area contributed by atoms with Crippen LogP contribution in [0.4, 0.5) is 0 Å². The van der Waals surface area contributed by atoms with Crippen molar-refractivity contribution in [3.05, 3.63) is 181 Å². The van der Waals surface area contributed by atoms with Crippen LogP contribution >= 0.6 is 17.0 Å². The number of rotatable bonds is 6. The molecule has 0 atom stereocenters. The van der Waals surface area contributed by atoms with Crippen LogP contribution in [0.2, 0.25) is 39.3 Å². The molecule has 0 saturated carbocycles. The number of nitrogens with zero attached hydrogens (tertiary/aromatic N) is 1. The van der Waals surface area contributed by atoms with Crippen LogP contribution in [-0.4, -0.2) is 28.6 Å². The van der Waals surface area contributed by atoms with Crippen molar-refractivity contribution in [1.29, 1.82) is 0 Å². The first-order chi connectivity index (χ1) is 27.2. The molecule has 0 bridgehead atoms. The van der Waals surface area contributed by atoms with E-state index in [-0.39, 0.29) is 0 Å². The summed E-state index contributed by atoms with van der Waals surface area (Å²) >= 11 is -0.826. The minimum absolute atomic E-state index is 0.826. The van der Waals surface area contributed by atoms with Crippen LogP contribution in [0, 0.1) is 13.8 Å². The van der Waals surface area contributed by atoms with Crippen molar-refractivity contribution in [1.82, 2.24) is 4.14 Å². The predicted molar refractivity (Wildman–Crippen MR) is 256 cm³/mol. The summed E-state index contributed by atoms with van der Waals surface area (Å²) in [6.45, 7) is 18.0. The quantitative estimate of drug-likeness (QED) is 0.119. The monoisotopic (exact) mass is 893 g/mol. The first-order valence-corrected chi connectivity index (χ1v) is 32.6. The van der Waals surface area contributed by atoms with Crippen molar-refractivity contribution in [2.45, 2.75) is 53.1 Å². The number of hydrogen-bond acceptors (Lipinski definition) is 1. The molecule has 0 unspecified atom stereocenters. The number of halogens is 2. The summed E-state index contributed by atoms with van der Waals surface area (Å²) < 4.78 is 2.15. The molecule has 0 aliphatic heterocycles. The van der Waals surface area contributed by atoms with Crippen molar-refractivity contribution < 1.29 is 20.8 Å². The zero-order chi connectivity index (χ0) is 41.2. The Morgan fingerprint density at radius 2 is 0.772 bits per heavy atom. The molecular weight excluding hydrogens is 844 g/mol. The second-order valence-electron chi connectivity index (χ2n) is 16.2. The minimum atomic E-state index is -1.22. The summed E-state index contributed by atoms with van der Waals surface area (Å²) in [5.74, 6) is 0. The second-order valence-corrected chi connectivity index (χ2v) is 30.1. The van der Waals surface area contributed by atoms with Crippen molar-refractivity contribution in [3.8, 4) is 44.5 Å². The average molecular weight is 896 g/mol. The molecule has 8 aromatic rings. The van der Waals surface area contributed by atoms with Crippen LogP contribution in [0.5, 0.6) is 0 Å². The SMILES string of the molecule is Cc1ccccc1-c1cccc2[cH-]c(-c3ccccc3)cc12.Cc1ccccc1-c1cccc2[cH-]c(-c3ccccc3)cc12.[B]N([Si](C)(C)C)[Si](C)(C)C.[Cl][Zr+2][Cl]. The van der Waals surface area contributed by atoms with Gasteiger partial charge in [0, 0.05) is 0 Å². The van der Waals surface area contributed by atoms with Gasteiger partial charge in [0.2, 0.25) is 0 Å². The molecule has 1 nitrogen and oxygen atoms in total. The summed E-state index contributed by atoms with van der Waals surface area (Å²) in [6, 6.07) is 60.7. The van der Waals surface area contributed by atoms with Crippen LogP contribution in [-0.2, 0) is 20.8 Å². The van der Waals surface area contributed by atoms with E-state index in [2.05, 4.69) is 227 Å². The van der Waals surface area contributed by atoms with E-state index in [9.17, 15) is 0 Å². The van der Waals surface area contributed by atoms with Crippen LogP contribution in [0.25, 0.3) is 66.1 Å². The van der Waals surface area contributed by atoms with E-state index in [1.165, 1.54) is 77.2 Å². The van der Waals surface area contributed by atoms with E-state index in [1.807, 2.05) is 0 Å². The Morgan fingerprint density at radius 1 is 0.456 bits per heavy atom. The average Bonchev–Trinajstić information content (AvgIpc) is 3.85. The molecule has 2 radical (unpaired) electrons. The zero-order valence-electron chi connectivity index (χ0n) is 34.4. The standard InChI is InChI=1S/2C22H17.C6H18BNSi2.2ClH.Zr/c2*1-16-8-5-6-12-20(16)21-13-7-11-18-14-19(15-22(18)21)17-9-3-2-4-10-17;1-9(2,3)8(7)10(4,5)6;;;/h2*2-15H,1H3;1-6H3;2*1H;/q2*-1;;;;+4/p-2. The van der Waals surface area contributed by atoms with Crippen LogP contribution in [0.3, 0.4) is 0 Å². The zero-order valence-corrected chi connectivity index (χ0v) is 40.4. The molecule has 0 saturated heterocycles. The third-order valence-electron chi connectivity index (χ3n) is 10.0. The molecule has 0 aromatic heterocycles. The fourth-order valence-electron chi connectivity index (χ4n) is 7.29. The number of benzene rings is 6. The Bertz CT molecular complexity index is 2310. The van der Waals surface area contributed by atoms with Gasteiger partial charge in [-0.25, -0.2) is 0 Å². The van der Waals surface area contributed by atoms with Gasteiger partial charge in [0.15, 0.2) is 7.98 Å². The summed E-state index contributed by atoms with van der Waals surface area (Å²) in [4.78, 5) is 0. The molecule has 0 N–H and O–H groups in total. The molecule has 0 heterocycles. The van der Waals surface area contributed by atoms with E-state index in [0.717, 1.165) is 0 Å². The van der Waals surface area contributed by atoms with Gasteiger partial charge in [-0.15, -0.1) is 69.1 Å². The molecule has 57 heavy (non-hydrogen) atoms. The Hall–Kier alpha value is -3.54. The van der Waals surface area contributed by atoms with Gasteiger partial charge in [0.1, 0.15) is 16.5 Å². The first kappa shape index (κ1) is 44.6. The fraction of sp³-hybridized carbons (Fsp3) is 0.160. The van der Waals surface area contributed by atoms with E-state index in [0.29, 0.717) is 0 Å². The van der Waals surface area contributed by atoms with Crippen LogP contribution in [0.15, 0.2) is 170 Å². The van der Waals surface area contributed by atoms with Crippen molar-refractivity contribution >= 4 is 63.0 Å². The van der Waals surface area contributed by atoms with Gasteiger partial charge >= 0.3 is 37.9 Å². The van der Waals surface area contributed by atoms with Gasteiger partial charge in [0.25, 0.3) is 0 Å². The molecule has 0 aliphatic rings. The van der Waals surface area contributed by atoms with Gasteiger partial charge in [-0.3, -0.25) is 0 Å². The van der Waals surface area contributed by atoms with Crippen LogP contribution in [0.1, 0.15) is 11.1 Å². The van der Waals surface area contributed by atoms with Gasteiger partial charge in [0.05, 0.1) is 0 Å². The van der Waals surface area contributed by atoms with Gasteiger partial charge in [-0.1, -0.05) is 195 Å². The predicted octanol–water partition coefficient (Wildman–Crippen LogP) is 15.8. The van der Waals surface area contributed by atoms with Crippen molar-refractivity contribution in [2.24, 2.45) is 0 Å². The van der Waals surface area contributed by atoms with E-state index in [1.54, 1.807) is 0 Å². The molecule has 8 rings (SSSR count). The van der Waals surface area contributed by atoms with E-state index < -0.39 is 37.3 Å². The molecular formula is C50H52BCl2NSi2Zr.